The Morgan fingerprint density at radius 1 is 1.38 bits per heavy atom. The van der Waals surface area contributed by atoms with Crippen molar-refractivity contribution < 1.29 is 9.53 Å². The van der Waals surface area contributed by atoms with E-state index in [0.717, 1.165) is 31.6 Å². The second-order valence-electron chi connectivity index (χ2n) is 6.09. The van der Waals surface area contributed by atoms with Gasteiger partial charge in [0.05, 0.1) is 24.7 Å². The SMILES string of the molecule is COc1ccc(N2CCC(N)CC2)c(NC(=O)c2nc(Br)cnc2N)c1. The fourth-order valence-corrected chi connectivity index (χ4v) is 3.16. The lowest BCUT2D eigenvalue weighted by Gasteiger charge is -2.33. The third-order valence-corrected chi connectivity index (χ3v) is 4.70. The Morgan fingerprint density at radius 3 is 2.81 bits per heavy atom. The molecule has 0 bridgehead atoms. The molecule has 0 spiro atoms. The van der Waals surface area contributed by atoms with Crippen LogP contribution in [-0.2, 0) is 0 Å². The van der Waals surface area contributed by atoms with Gasteiger partial charge in [-0.2, -0.15) is 0 Å². The summed E-state index contributed by atoms with van der Waals surface area (Å²) in [6.07, 6.45) is 3.26. The van der Waals surface area contributed by atoms with Crippen molar-refractivity contribution in [1.82, 2.24) is 9.97 Å². The monoisotopic (exact) mass is 420 g/mol. The molecule has 0 unspecified atom stereocenters. The smallest absolute Gasteiger partial charge is 0.278 e. The van der Waals surface area contributed by atoms with Gasteiger partial charge in [0.2, 0.25) is 0 Å². The van der Waals surface area contributed by atoms with Crippen LogP contribution in [0, 0.1) is 0 Å². The van der Waals surface area contributed by atoms with Gasteiger partial charge in [0, 0.05) is 25.2 Å². The number of aromatic nitrogens is 2. The summed E-state index contributed by atoms with van der Waals surface area (Å²) >= 11 is 3.21. The summed E-state index contributed by atoms with van der Waals surface area (Å²) in [5.41, 5.74) is 13.4. The highest BCUT2D eigenvalue weighted by Crippen LogP contribution is 2.32. The number of rotatable bonds is 4. The van der Waals surface area contributed by atoms with Crippen LogP contribution in [0.3, 0.4) is 0 Å². The van der Waals surface area contributed by atoms with E-state index in [4.69, 9.17) is 16.2 Å². The predicted molar refractivity (Wildman–Crippen MR) is 105 cm³/mol. The Balaban J connectivity index is 1.90. The fraction of sp³-hybridized carbons (Fsp3) is 0.353. The summed E-state index contributed by atoms with van der Waals surface area (Å²) in [7, 11) is 1.58. The van der Waals surface area contributed by atoms with E-state index in [9.17, 15) is 4.79 Å². The minimum absolute atomic E-state index is 0.0637. The number of ether oxygens (including phenoxy) is 1. The molecule has 1 aromatic carbocycles. The first-order valence-electron chi connectivity index (χ1n) is 8.26. The van der Waals surface area contributed by atoms with Gasteiger partial charge in [-0.25, -0.2) is 9.97 Å². The van der Waals surface area contributed by atoms with E-state index in [1.807, 2.05) is 12.1 Å². The second-order valence-corrected chi connectivity index (χ2v) is 6.90. The summed E-state index contributed by atoms with van der Waals surface area (Å²) in [6.45, 7) is 1.66. The molecule has 5 N–H and O–H groups in total. The van der Waals surface area contributed by atoms with Gasteiger partial charge in [-0.3, -0.25) is 4.79 Å². The molecule has 1 saturated heterocycles. The van der Waals surface area contributed by atoms with Crippen molar-refractivity contribution in [3.63, 3.8) is 0 Å². The molecule has 0 aliphatic carbocycles. The molecule has 138 valence electrons. The molecule has 0 atom stereocenters. The summed E-state index contributed by atoms with van der Waals surface area (Å²) in [5, 5.41) is 2.88. The maximum Gasteiger partial charge on any atom is 0.278 e. The Morgan fingerprint density at radius 2 is 2.12 bits per heavy atom. The Labute approximate surface area is 160 Å². The van der Waals surface area contributed by atoms with Crippen LogP contribution in [0.4, 0.5) is 17.2 Å². The van der Waals surface area contributed by atoms with E-state index in [1.54, 1.807) is 13.2 Å². The normalized spacial score (nSPS) is 15.0. The number of carbonyl (C=O) groups excluding carboxylic acids is 1. The highest BCUT2D eigenvalue weighted by molar-refractivity contribution is 9.10. The molecule has 1 aliphatic rings. The minimum Gasteiger partial charge on any atom is -0.497 e. The van der Waals surface area contributed by atoms with E-state index in [1.165, 1.54) is 6.20 Å². The van der Waals surface area contributed by atoms with Crippen molar-refractivity contribution >= 4 is 39.0 Å². The summed E-state index contributed by atoms with van der Waals surface area (Å²) < 4.78 is 5.73. The molecule has 1 fully saturated rings. The van der Waals surface area contributed by atoms with Crippen LogP contribution in [-0.4, -0.2) is 42.1 Å². The van der Waals surface area contributed by atoms with Crippen LogP contribution in [0.1, 0.15) is 23.3 Å². The first kappa shape index (κ1) is 18.4. The average molecular weight is 421 g/mol. The molecular weight excluding hydrogens is 400 g/mol. The van der Waals surface area contributed by atoms with Gasteiger partial charge in [0.25, 0.3) is 5.91 Å². The number of anilines is 3. The zero-order valence-corrected chi connectivity index (χ0v) is 16.0. The number of amides is 1. The van der Waals surface area contributed by atoms with Crippen molar-refractivity contribution in [2.24, 2.45) is 5.73 Å². The molecule has 26 heavy (non-hydrogen) atoms. The zero-order valence-electron chi connectivity index (χ0n) is 14.4. The third kappa shape index (κ3) is 4.05. The van der Waals surface area contributed by atoms with Crippen LogP contribution < -0.4 is 26.4 Å². The van der Waals surface area contributed by atoms with Crippen molar-refractivity contribution in [3.8, 4) is 5.75 Å². The van der Waals surface area contributed by atoms with Crippen LogP contribution in [0.15, 0.2) is 29.0 Å². The number of benzene rings is 1. The molecule has 1 amide bonds. The van der Waals surface area contributed by atoms with Gasteiger partial charge >= 0.3 is 0 Å². The highest BCUT2D eigenvalue weighted by atomic mass is 79.9. The average Bonchev–Trinajstić information content (AvgIpc) is 2.64. The Kier molecular flexibility index (Phi) is 5.58. The lowest BCUT2D eigenvalue weighted by molar-refractivity contribution is 0.102. The standard InChI is InChI=1S/C17H21BrN6O2/c1-26-11-2-3-13(24-6-4-10(19)5-7-24)12(8-11)22-17(25)15-16(20)21-9-14(18)23-15/h2-3,8-10H,4-7,19H2,1H3,(H2,20,21)(H,22,25). The van der Waals surface area contributed by atoms with Gasteiger partial charge < -0.3 is 26.4 Å². The third-order valence-electron chi connectivity index (χ3n) is 4.32. The van der Waals surface area contributed by atoms with E-state index in [2.05, 4.69) is 36.1 Å². The highest BCUT2D eigenvalue weighted by Gasteiger charge is 2.21. The molecule has 9 heteroatoms. The van der Waals surface area contributed by atoms with E-state index >= 15 is 0 Å². The van der Waals surface area contributed by atoms with E-state index in [-0.39, 0.29) is 17.6 Å². The zero-order chi connectivity index (χ0) is 18.7. The number of carbonyl (C=O) groups is 1. The second kappa shape index (κ2) is 7.88. The van der Waals surface area contributed by atoms with Crippen molar-refractivity contribution in [2.75, 3.05) is 36.1 Å². The molecule has 0 saturated carbocycles. The first-order valence-corrected chi connectivity index (χ1v) is 9.05. The number of nitrogens with zero attached hydrogens (tertiary/aromatic N) is 3. The van der Waals surface area contributed by atoms with Crippen LogP contribution in [0.25, 0.3) is 0 Å². The van der Waals surface area contributed by atoms with Crippen molar-refractivity contribution in [3.05, 3.63) is 34.7 Å². The fourth-order valence-electron chi connectivity index (χ4n) is 2.88. The summed E-state index contributed by atoms with van der Waals surface area (Å²) in [5.74, 6) is 0.282. The Hall–Kier alpha value is -2.39. The number of nitrogen functional groups attached to an aromatic ring is 1. The maximum absolute atomic E-state index is 12.7. The summed E-state index contributed by atoms with van der Waals surface area (Å²) in [6, 6.07) is 5.80. The van der Waals surface area contributed by atoms with E-state index < -0.39 is 5.91 Å². The molecule has 1 aromatic heterocycles. The largest absolute Gasteiger partial charge is 0.497 e. The number of nitrogens with two attached hydrogens (primary N) is 2. The topological polar surface area (TPSA) is 119 Å². The van der Waals surface area contributed by atoms with Gasteiger partial charge in [-0.05, 0) is 40.9 Å². The number of piperidine rings is 1. The van der Waals surface area contributed by atoms with Crippen molar-refractivity contribution in [1.29, 1.82) is 0 Å². The van der Waals surface area contributed by atoms with E-state index in [0.29, 0.717) is 16.0 Å². The molecule has 2 aromatic rings. The number of nitrogens with one attached hydrogen (secondary N) is 1. The van der Waals surface area contributed by atoms with Gasteiger partial charge in [0.1, 0.15) is 10.4 Å². The van der Waals surface area contributed by atoms with Gasteiger partial charge in [-0.15, -0.1) is 0 Å². The maximum atomic E-state index is 12.7. The number of halogens is 1. The number of hydrogen-bond donors (Lipinski definition) is 3. The molecule has 0 radical (unpaired) electrons. The molecule has 8 nitrogen and oxygen atoms in total. The summed E-state index contributed by atoms with van der Waals surface area (Å²) in [4.78, 5) is 23.0. The first-order chi connectivity index (χ1) is 12.5. The lowest BCUT2D eigenvalue weighted by Crippen LogP contribution is -2.40. The Bertz CT molecular complexity index is 808. The van der Waals surface area contributed by atoms with Gasteiger partial charge in [-0.1, -0.05) is 0 Å². The number of hydrogen-bond acceptors (Lipinski definition) is 7. The quantitative estimate of drug-likeness (QED) is 0.691. The lowest BCUT2D eigenvalue weighted by atomic mass is 10.0. The van der Waals surface area contributed by atoms with Crippen LogP contribution in [0.2, 0.25) is 0 Å². The molecule has 1 aliphatic heterocycles. The molecular formula is C17H21BrN6O2. The molecule has 2 heterocycles. The minimum atomic E-state index is -0.431. The number of methoxy groups -OCH3 is 1. The molecule has 3 rings (SSSR count). The predicted octanol–water partition coefficient (Wildman–Crippen LogP) is 2.01. The van der Waals surface area contributed by atoms with Crippen LogP contribution >= 0.6 is 15.9 Å². The van der Waals surface area contributed by atoms with Crippen molar-refractivity contribution in [2.45, 2.75) is 18.9 Å². The van der Waals surface area contributed by atoms with Gasteiger partial charge in [0.15, 0.2) is 11.5 Å². The van der Waals surface area contributed by atoms with Crippen LogP contribution in [0.5, 0.6) is 5.75 Å².